The molecule has 0 amide bonds. The molecule has 0 radical (unpaired) electrons. The maximum atomic E-state index is 4.19. The van der Waals surface area contributed by atoms with Crippen LogP contribution >= 0.6 is 15.9 Å². The van der Waals surface area contributed by atoms with Crippen molar-refractivity contribution in [1.29, 1.82) is 0 Å². The zero-order valence-corrected chi connectivity index (χ0v) is 11.7. The number of benzene rings is 1. The summed E-state index contributed by atoms with van der Waals surface area (Å²) in [5.41, 5.74) is 1.20. The Morgan fingerprint density at radius 3 is 2.61 bits per heavy atom. The molecule has 94 valence electrons. The summed E-state index contributed by atoms with van der Waals surface area (Å²) in [5, 5.41) is 6.43. The van der Waals surface area contributed by atoms with E-state index in [1.807, 2.05) is 25.1 Å². The Morgan fingerprint density at radius 1 is 1.11 bits per heavy atom. The van der Waals surface area contributed by atoms with E-state index < -0.39 is 0 Å². The standard InChI is InChI=1S/C13H15BrN4/c1-2-15-12-7-13(18-9-17-12)16-8-10-4-3-5-11(14)6-10/h3-7,9H,2,8H2,1H3,(H2,15,16,17,18). The summed E-state index contributed by atoms with van der Waals surface area (Å²) >= 11 is 3.46. The summed E-state index contributed by atoms with van der Waals surface area (Å²) in [6.07, 6.45) is 1.56. The van der Waals surface area contributed by atoms with E-state index in [0.717, 1.165) is 29.2 Å². The van der Waals surface area contributed by atoms with E-state index in [9.17, 15) is 0 Å². The second-order valence-electron chi connectivity index (χ2n) is 3.80. The van der Waals surface area contributed by atoms with Gasteiger partial charge in [0.15, 0.2) is 0 Å². The minimum atomic E-state index is 0.738. The van der Waals surface area contributed by atoms with Gasteiger partial charge in [-0.1, -0.05) is 28.1 Å². The molecular formula is C13H15BrN4. The van der Waals surface area contributed by atoms with Crippen LogP contribution in [0.15, 0.2) is 41.1 Å². The van der Waals surface area contributed by atoms with Crippen LogP contribution in [0.2, 0.25) is 0 Å². The zero-order chi connectivity index (χ0) is 12.8. The summed E-state index contributed by atoms with van der Waals surface area (Å²) in [6, 6.07) is 10.1. The number of hydrogen-bond acceptors (Lipinski definition) is 4. The molecular weight excluding hydrogens is 292 g/mol. The number of nitrogens with one attached hydrogen (secondary N) is 2. The number of halogens is 1. The van der Waals surface area contributed by atoms with Crippen molar-refractivity contribution in [2.75, 3.05) is 17.2 Å². The second-order valence-corrected chi connectivity index (χ2v) is 4.72. The van der Waals surface area contributed by atoms with Crippen LogP contribution in [0.3, 0.4) is 0 Å². The first kappa shape index (κ1) is 12.8. The number of anilines is 2. The molecule has 0 aliphatic carbocycles. The van der Waals surface area contributed by atoms with Crippen molar-refractivity contribution in [3.8, 4) is 0 Å². The summed E-state index contributed by atoms with van der Waals surface area (Å²) < 4.78 is 1.08. The maximum Gasteiger partial charge on any atom is 0.131 e. The number of rotatable bonds is 5. The van der Waals surface area contributed by atoms with Crippen molar-refractivity contribution in [2.24, 2.45) is 0 Å². The average Bonchev–Trinajstić information content (AvgIpc) is 2.37. The summed E-state index contributed by atoms with van der Waals surface area (Å²) in [5.74, 6) is 1.66. The van der Waals surface area contributed by atoms with Gasteiger partial charge in [0.05, 0.1) is 0 Å². The average molecular weight is 307 g/mol. The van der Waals surface area contributed by atoms with Crippen molar-refractivity contribution in [3.05, 3.63) is 46.7 Å². The third-order valence-electron chi connectivity index (χ3n) is 2.39. The highest BCUT2D eigenvalue weighted by Gasteiger charge is 1.98. The minimum Gasteiger partial charge on any atom is -0.370 e. The molecule has 1 aromatic heterocycles. The van der Waals surface area contributed by atoms with Gasteiger partial charge in [-0.2, -0.15) is 0 Å². The monoisotopic (exact) mass is 306 g/mol. The van der Waals surface area contributed by atoms with Gasteiger partial charge < -0.3 is 10.6 Å². The molecule has 0 aliphatic heterocycles. The SMILES string of the molecule is CCNc1cc(NCc2cccc(Br)c2)ncn1. The zero-order valence-electron chi connectivity index (χ0n) is 10.2. The Bertz CT molecular complexity index is 516. The molecule has 0 bridgehead atoms. The first-order valence-corrected chi connectivity index (χ1v) is 6.61. The molecule has 0 spiro atoms. The number of hydrogen-bond donors (Lipinski definition) is 2. The molecule has 1 aromatic carbocycles. The molecule has 0 unspecified atom stereocenters. The lowest BCUT2D eigenvalue weighted by atomic mass is 10.2. The van der Waals surface area contributed by atoms with Crippen LogP contribution in [0.25, 0.3) is 0 Å². The van der Waals surface area contributed by atoms with Gasteiger partial charge in [0.2, 0.25) is 0 Å². The van der Waals surface area contributed by atoms with Gasteiger partial charge in [-0.05, 0) is 24.6 Å². The molecule has 2 N–H and O–H groups in total. The van der Waals surface area contributed by atoms with Crippen LogP contribution < -0.4 is 10.6 Å². The van der Waals surface area contributed by atoms with Crippen molar-refractivity contribution < 1.29 is 0 Å². The van der Waals surface area contributed by atoms with Crippen LogP contribution in [0.4, 0.5) is 11.6 Å². The van der Waals surface area contributed by atoms with E-state index in [4.69, 9.17) is 0 Å². The Morgan fingerprint density at radius 2 is 1.89 bits per heavy atom. The van der Waals surface area contributed by atoms with Crippen molar-refractivity contribution in [3.63, 3.8) is 0 Å². The second kappa shape index (κ2) is 6.35. The number of nitrogens with zero attached hydrogens (tertiary/aromatic N) is 2. The Labute approximate surface area is 115 Å². The molecule has 1 heterocycles. The lowest BCUT2D eigenvalue weighted by Crippen LogP contribution is -2.04. The van der Waals surface area contributed by atoms with E-state index in [2.05, 4.69) is 48.7 Å². The Hall–Kier alpha value is -1.62. The van der Waals surface area contributed by atoms with Crippen LogP contribution in [0.1, 0.15) is 12.5 Å². The summed E-state index contributed by atoms with van der Waals surface area (Å²) in [7, 11) is 0. The van der Waals surface area contributed by atoms with Crippen molar-refractivity contribution in [1.82, 2.24) is 9.97 Å². The Balaban J connectivity index is 1.99. The summed E-state index contributed by atoms with van der Waals surface area (Å²) in [4.78, 5) is 8.31. The summed E-state index contributed by atoms with van der Waals surface area (Å²) in [6.45, 7) is 3.63. The molecule has 5 heteroatoms. The van der Waals surface area contributed by atoms with Gasteiger partial charge in [-0.25, -0.2) is 9.97 Å². The van der Waals surface area contributed by atoms with Gasteiger partial charge in [-0.15, -0.1) is 0 Å². The highest BCUT2D eigenvalue weighted by molar-refractivity contribution is 9.10. The molecule has 2 rings (SSSR count). The van der Waals surface area contributed by atoms with Crippen LogP contribution in [-0.4, -0.2) is 16.5 Å². The van der Waals surface area contributed by atoms with E-state index in [-0.39, 0.29) is 0 Å². The molecule has 18 heavy (non-hydrogen) atoms. The van der Waals surface area contributed by atoms with Gasteiger partial charge in [0, 0.05) is 23.6 Å². The lowest BCUT2D eigenvalue weighted by Gasteiger charge is -2.07. The molecule has 0 fully saturated rings. The molecule has 0 saturated heterocycles. The topological polar surface area (TPSA) is 49.8 Å². The molecule has 0 atom stereocenters. The van der Waals surface area contributed by atoms with Crippen molar-refractivity contribution >= 4 is 27.6 Å². The molecule has 2 aromatic rings. The Kier molecular flexibility index (Phi) is 4.52. The fourth-order valence-corrected chi connectivity index (χ4v) is 2.02. The number of aromatic nitrogens is 2. The van der Waals surface area contributed by atoms with E-state index in [1.54, 1.807) is 6.33 Å². The van der Waals surface area contributed by atoms with E-state index in [1.165, 1.54) is 5.56 Å². The largest absolute Gasteiger partial charge is 0.370 e. The van der Waals surface area contributed by atoms with Crippen LogP contribution in [0, 0.1) is 0 Å². The molecule has 0 aliphatic rings. The normalized spacial score (nSPS) is 10.1. The fraction of sp³-hybridized carbons (Fsp3) is 0.231. The predicted octanol–water partition coefficient (Wildman–Crippen LogP) is 3.28. The van der Waals surface area contributed by atoms with E-state index in [0.29, 0.717) is 0 Å². The molecule has 0 saturated carbocycles. The third kappa shape index (κ3) is 3.70. The van der Waals surface area contributed by atoms with Gasteiger partial charge >= 0.3 is 0 Å². The van der Waals surface area contributed by atoms with Gasteiger partial charge in [-0.3, -0.25) is 0 Å². The van der Waals surface area contributed by atoms with Gasteiger partial charge in [0.1, 0.15) is 18.0 Å². The highest BCUT2D eigenvalue weighted by atomic mass is 79.9. The maximum absolute atomic E-state index is 4.19. The first-order valence-electron chi connectivity index (χ1n) is 5.82. The predicted molar refractivity (Wildman–Crippen MR) is 77.7 cm³/mol. The smallest absolute Gasteiger partial charge is 0.131 e. The van der Waals surface area contributed by atoms with Crippen LogP contribution in [0.5, 0.6) is 0 Å². The molecule has 4 nitrogen and oxygen atoms in total. The minimum absolute atomic E-state index is 0.738. The third-order valence-corrected chi connectivity index (χ3v) is 2.88. The van der Waals surface area contributed by atoms with E-state index >= 15 is 0 Å². The van der Waals surface area contributed by atoms with Crippen LogP contribution in [-0.2, 0) is 6.54 Å². The van der Waals surface area contributed by atoms with Gasteiger partial charge in [0.25, 0.3) is 0 Å². The quantitative estimate of drug-likeness (QED) is 0.890. The lowest BCUT2D eigenvalue weighted by molar-refractivity contribution is 1.07. The fourth-order valence-electron chi connectivity index (χ4n) is 1.57. The highest BCUT2D eigenvalue weighted by Crippen LogP contribution is 2.14. The first-order chi connectivity index (χ1) is 8.78. The van der Waals surface area contributed by atoms with Crippen molar-refractivity contribution in [2.45, 2.75) is 13.5 Å².